The highest BCUT2D eigenvalue weighted by Gasteiger charge is 2.24. The molecule has 2 amide bonds. The van der Waals surface area contributed by atoms with Gasteiger partial charge in [0.25, 0.3) is 5.91 Å². The first-order valence-electron chi connectivity index (χ1n) is 8.46. The van der Waals surface area contributed by atoms with Crippen molar-refractivity contribution >= 4 is 45.6 Å². The number of halogens is 1. The van der Waals surface area contributed by atoms with E-state index in [4.69, 9.17) is 11.6 Å². The molecule has 27 heavy (non-hydrogen) atoms. The summed E-state index contributed by atoms with van der Waals surface area (Å²) in [6.07, 6.45) is 1.73. The number of hydrogen-bond donors (Lipinski definition) is 2. The van der Waals surface area contributed by atoms with E-state index >= 15 is 0 Å². The first kappa shape index (κ1) is 17.1. The highest BCUT2D eigenvalue weighted by molar-refractivity contribution is 6.30. The quantitative estimate of drug-likeness (QED) is 0.717. The number of hydrazine groups is 1. The topological polar surface area (TPSA) is 61.4 Å². The predicted octanol–water partition coefficient (Wildman–Crippen LogP) is 4.26. The van der Waals surface area contributed by atoms with Crippen LogP contribution in [0.4, 0.5) is 11.4 Å². The van der Waals surface area contributed by atoms with E-state index in [1.807, 2.05) is 42.5 Å². The summed E-state index contributed by atoms with van der Waals surface area (Å²) in [4.78, 5) is 25.0. The molecule has 134 valence electrons. The number of fused-ring (bicyclic) bond motifs is 1. The van der Waals surface area contributed by atoms with Gasteiger partial charge in [0.15, 0.2) is 0 Å². The van der Waals surface area contributed by atoms with Gasteiger partial charge in [-0.15, -0.1) is 0 Å². The van der Waals surface area contributed by atoms with E-state index in [1.165, 1.54) is 5.01 Å². The molecule has 5 nitrogen and oxygen atoms in total. The molecule has 0 aliphatic carbocycles. The van der Waals surface area contributed by atoms with Gasteiger partial charge in [0.2, 0.25) is 5.91 Å². The zero-order valence-corrected chi connectivity index (χ0v) is 15.0. The van der Waals surface area contributed by atoms with Crippen LogP contribution in [0.15, 0.2) is 78.5 Å². The zero-order valence-electron chi connectivity index (χ0n) is 14.3. The first-order chi connectivity index (χ1) is 13.1. The second-order valence-corrected chi connectivity index (χ2v) is 6.56. The summed E-state index contributed by atoms with van der Waals surface area (Å²) in [5, 5.41) is 6.85. The average Bonchev–Trinajstić information content (AvgIpc) is 2.69. The van der Waals surface area contributed by atoms with Crippen molar-refractivity contribution in [3.63, 3.8) is 0 Å². The molecule has 0 spiro atoms. The van der Waals surface area contributed by atoms with Gasteiger partial charge in [0, 0.05) is 22.5 Å². The van der Waals surface area contributed by atoms with Crippen LogP contribution < -0.4 is 15.8 Å². The van der Waals surface area contributed by atoms with Gasteiger partial charge in [-0.2, -0.15) is 0 Å². The van der Waals surface area contributed by atoms with Crippen LogP contribution in [0.1, 0.15) is 6.42 Å². The number of hydrogen-bond acceptors (Lipinski definition) is 3. The molecule has 0 saturated heterocycles. The van der Waals surface area contributed by atoms with Crippen molar-refractivity contribution in [3.05, 3.63) is 83.5 Å². The maximum Gasteiger partial charge on any atom is 0.273 e. The van der Waals surface area contributed by atoms with Crippen molar-refractivity contribution in [1.29, 1.82) is 0 Å². The van der Waals surface area contributed by atoms with Gasteiger partial charge < -0.3 is 5.32 Å². The molecule has 2 N–H and O–H groups in total. The second-order valence-electron chi connectivity index (χ2n) is 6.12. The molecular formula is C21H16ClN3O2. The largest absolute Gasteiger partial charge is 0.320 e. The van der Waals surface area contributed by atoms with E-state index in [1.54, 1.807) is 30.3 Å². The molecule has 0 fully saturated rings. The summed E-state index contributed by atoms with van der Waals surface area (Å²) < 4.78 is 0. The number of nitrogens with one attached hydrogen (secondary N) is 2. The summed E-state index contributed by atoms with van der Waals surface area (Å²) >= 11 is 5.90. The third-order valence-electron chi connectivity index (χ3n) is 4.33. The summed E-state index contributed by atoms with van der Waals surface area (Å²) in [5.74, 6) is -0.461. The Labute approximate surface area is 161 Å². The van der Waals surface area contributed by atoms with E-state index in [-0.39, 0.29) is 18.2 Å². The van der Waals surface area contributed by atoms with Crippen LogP contribution in [-0.4, -0.2) is 11.8 Å². The van der Waals surface area contributed by atoms with E-state index < -0.39 is 0 Å². The van der Waals surface area contributed by atoms with E-state index in [2.05, 4.69) is 10.7 Å². The predicted molar refractivity (Wildman–Crippen MR) is 107 cm³/mol. The van der Waals surface area contributed by atoms with Crippen LogP contribution in [0.25, 0.3) is 10.8 Å². The fourth-order valence-electron chi connectivity index (χ4n) is 2.98. The molecule has 0 unspecified atom stereocenters. The van der Waals surface area contributed by atoms with Crippen molar-refractivity contribution in [2.75, 3.05) is 10.3 Å². The fraction of sp³-hybridized carbons (Fsp3) is 0.0476. The van der Waals surface area contributed by atoms with Crippen LogP contribution in [0.5, 0.6) is 0 Å². The average molecular weight is 378 g/mol. The zero-order chi connectivity index (χ0) is 18.8. The lowest BCUT2D eigenvalue weighted by atomic mass is 10.1. The number of amides is 2. The lowest BCUT2D eigenvalue weighted by Crippen LogP contribution is -2.47. The summed E-state index contributed by atoms with van der Waals surface area (Å²) in [5.41, 5.74) is 4.55. The van der Waals surface area contributed by atoms with E-state index in [0.29, 0.717) is 16.4 Å². The van der Waals surface area contributed by atoms with Gasteiger partial charge in [-0.25, -0.2) is 5.01 Å². The highest BCUT2D eigenvalue weighted by Crippen LogP contribution is 2.24. The Kier molecular flexibility index (Phi) is 4.52. The highest BCUT2D eigenvalue weighted by atomic mass is 35.5. The Bertz CT molecular complexity index is 1060. The molecule has 3 aromatic carbocycles. The smallest absolute Gasteiger partial charge is 0.273 e. The number of nitrogens with zero attached hydrogens (tertiary/aromatic N) is 1. The van der Waals surface area contributed by atoms with Gasteiger partial charge in [-0.3, -0.25) is 15.0 Å². The lowest BCUT2D eigenvalue weighted by Gasteiger charge is -2.28. The standard InChI is InChI=1S/C21H16ClN3O2/c22-15-8-10-16(11-9-15)25-20(26)13-12-19(24-25)21(27)23-18-7-3-5-14-4-1-2-6-17(14)18/h1-12,24H,13H2,(H,23,27). The van der Waals surface area contributed by atoms with Crippen LogP contribution in [0.2, 0.25) is 5.02 Å². The Morgan fingerprint density at radius 2 is 1.74 bits per heavy atom. The van der Waals surface area contributed by atoms with Crippen LogP contribution in [-0.2, 0) is 9.59 Å². The fourth-order valence-corrected chi connectivity index (χ4v) is 3.10. The summed E-state index contributed by atoms with van der Waals surface area (Å²) in [6.45, 7) is 0. The Hall–Kier alpha value is -3.31. The Morgan fingerprint density at radius 3 is 2.56 bits per heavy atom. The van der Waals surface area contributed by atoms with Crippen LogP contribution in [0, 0.1) is 0 Å². The second kappa shape index (κ2) is 7.13. The molecule has 1 aliphatic rings. The third-order valence-corrected chi connectivity index (χ3v) is 4.58. The molecular weight excluding hydrogens is 362 g/mol. The molecule has 0 bridgehead atoms. The SMILES string of the molecule is O=C(Nc1cccc2ccccc12)C1=CCC(=O)N(c2ccc(Cl)cc2)N1. The van der Waals surface area contributed by atoms with Gasteiger partial charge in [0.05, 0.1) is 5.69 Å². The number of benzene rings is 3. The Morgan fingerprint density at radius 1 is 1.00 bits per heavy atom. The number of anilines is 2. The maximum atomic E-state index is 12.7. The molecule has 3 aromatic rings. The maximum absolute atomic E-state index is 12.7. The molecule has 0 saturated carbocycles. The molecule has 0 radical (unpaired) electrons. The van der Waals surface area contributed by atoms with Crippen molar-refractivity contribution < 1.29 is 9.59 Å². The monoisotopic (exact) mass is 377 g/mol. The molecule has 4 rings (SSSR count). The van der Waals surface area contributed by atoms with Crippen molar-refractivity contribution in [2.24, 2.45) is 0 Å². The van der Waals surface area contributed by atoms with Crippen molar-refractivity contribution in [3.8, 4) is 0 Å². The minimum absolute atomic E-state index is 0.133. The van der Waals surface area contributed by atoms with Gasteiger partial charge >= 0.3 is 0 Å². The Balaban J connectivity index is 1.56. The molecule has 0 aromatic heterocycles. The normalized spacial score (nSPS) is 13.9. The van der Waals surface area contributed by atoms with Gasteiger partial charge in [-0.05, 0) is 41.8 Å². The number of rotatable bonds is 3. The van der Waals surface area contributed by atoms with Crippen molar-refractivity contribution in [2.45, 2.75) is 6.42 Å². The first-order valence-corrected chi connectivity index (χ1v) is 8.84. The van der Waals surface area contributed by atoms with Crippen molar-refractivity contribution in [1.82, 2.24) is 5.43 Å². The van der Waals surface area contributed by atoms with Gasteiger partial charge in [-0.1, -0.05) is 48.0 Å². The molecule has 1 heterocycles. The van der Waals surface area contributed by atoms with E-state index in [0.717, 1.165) is 16.5 Å². The lowest BCUT2D eigenvalue weighted by molar-refractivity contribution is -0.119. The molecule has 6 heteroatoms. The molecule has 1 aliphatic heterocycles. The number of carbonyl (C=O) groups is 2. The van der Waals surface area contributed by atoms with E-state index in [9.17, 15) is 9.59 Å². The van der Waals surface area contributed by atoms with Crippen LogP contribution in [0.3, 0.4) is 0 Å². The summed E-state index contributed by atoms with van der Waals surface area (Å²) in [6, 6.07) is 20.4. The summed E-state index contributed by atoms with van der Waals surface area (Å²) in [7, 11) is 0. The molecule has 0 atom stereocenters. The number of carbonyl (C=O) groups excluding carboxylic acids is 2. The van der Waals surface area contributed by atoms with Crippen LogP contribution >= 0.6 is 11.6 Å². The minimum atomic E-state index is -0.308. The minimum Gasteiger partial charge on any atom is -0.320 e. The van der Waals surface area contributed by atoms with Gasteiger partial charge in [0.1, 0.15) is 5.70 Å². The third kappa shape index (κ3) is 3.50.